The first kappa shape index (κ1) is 15.4. The summed E-state index contributed by atoms with van der Waals surface area (Å²) in [6, 6.07) is 7.29. The van der Waals surface area contributed by atoms with Gasteiger partial charge >= 0.3 is 0 Å². The first-order valence-corrected chi connectivity index (χ1v) is 6.79. The topological polar surface area (TPSA) is 58.4 Å². The summed E-state index contributed by atoms with van der Waals surface area (Å²) in [5, 5.41) is 2.89. The van der Waals surface area contributed by atoms with E-state index in [0.717, 1.165) is 17.7 Å². The molecule has 1 aromatic rings. The number of benzene rings is 1. The number of anilines is 1. The number of likely N-dealkylation sites (N-methyl/N-ethyl adjacent to an activating group) is 1. The summed E-state index contributed by atoms with van der Waals surface area (Å²) >= 11 is 5.04. The highest BCUT2D eigenvalue weighted by Crippen LogP contribution is 2.21. The number of para-hydroxylation sites is 1. The second-order valence-electron chi connectivity index (χ2n) is 4.46. The van der Waals surface area contributed by atoms with Crippen LogP contribution in [0.4, 0.5) is 5.69 Å². The van der Waals surface area contributed by atoms with Crippen molar-refractivity contribution in [2.45, 2.75) is 26.3 Å². The van der Waals surface area contributed by atoms with Gasteiger partial charge in [-0.1, -0.05) is 31.3 Å². The van der Waals surface area contributed by atoms with E-state index in [1.54, 1.807) is 0 Å². The van der Waals surface area contributed by atoms with E-state index < -0.39 is 0 Å². The Balaban J connectivity index is 2.90. The Labute approximate surface area is 120 Å². The molecule has 0 saturated heterocycles. The Morgan fingerprint density at radius 3 is 2.68 bits per heavy atom. The van der Waals surface area contributed by atoms with Crippen LogP contribution >= 0.6 is 12.2 Å². The van der Waals surface area contributed by atoms with Crippen LogP contribution in [-0.2, 0) is 4.79 Å². The third-order valence-electron chi connectivity index (χ3n) is 3.06. The van der Waals surface area contributed by atoms with Crippen LogP contribution in [0.5, 0.6) is 0 Å². The van der Waals surface area contributed by atoms with Crippen LogP contribution in [0.15, 0.2) is 24.3 Å². The zero-order valence-corrected chi connectivity index (χ0v) is 12.5. The fourth-order valence-electron chi connectivity index (χ4n) is 1.77. The van der Waals surface area contributed by atoms with Crippen molar-refractivity contribution in [1.29, 1.82) is 0 Å². The lowest BCUT2D eigenvalue weighted by molar-refractivity contribution is -0.121. The van der Waals surface area contributed by atoms with Crippen molar-refractivity contribution in [3.8, 4) is 0 Å². The van der Waals surface area contributed by atoms with Crippen LogP contribution in [-0.4, -0.2) is 30.5 Å². The average molecular weight is 279 g/mol. The standard InChI is InChI=1S/C14H21N3OS/c1-4-9-16-14(18)10(2)17(3)12-8-6-5-7-11(12)13(15)19/h5-8,10H,4,9H2,1-3H3,(H2,15,19)(H,16,18). The van der Waals surface area contributed by atoms with Gasteiger partial charge in [-0.15, -0.1) is 0 Å². The smallest absolute Gasteiger partial charge is 0.242 e. The molecule has 0 heterocycles. The van der Waals surface area contributed by atoms with Crippen LogP contribution in [0.3, 0.4) is 0 Å². The molecule has 0 fully saturated rings. The van der Waals surface area contributed by atoms with Gasteiger partial charge in [-0.2, -0.15) is 0 Å². The van der Waals surface area contributed by atoms with Gasteiger partial charge in [-0.25, -0.2) is 0 Å². The zero-order chi connectivity index (χ0) is 14.4. The molecule has 0 aliphatic rings. The number of carbonyl (C=O) groups excluding carboxylic acids is 1. The number of carbonyl (C=O) groups is 1. The van der Waals surface area contributed by atoms with Crippen LogP contribution in [0.1, 0.15) is 25.8 Å². The summed E-state index contributed by atoms with van der Waals surface area (Å²) in [6.45, 7) is 4.58. The Morgan fingerprint density at radius 1 is 1.47 bits per heavy atom. The predicted molar refractivity (Wildman–Crippen MR) is 83.5 cm³/mol. The Bertz CT molecular complexity index is 462. The van der Waals surface area contributed by atoms with Gasteiger partial charge in [0.15, 0.2) is 0 Å². The van der Waals surface area contributed by atoms with Crippen molar-refractivity contribution in [2.75, 3.05) is 18.5 Å². The van der Waals surface area contributed by atoms with E-state index in [9.17, 15) is 4.79 Å². The highest BCUT2D eigenvalue weighted by atomic mass is 32.1. The van der Waals surface area contributed by atoms with Gasteiger partial charge in [0.2, 0.25) is 5.91 Å². The van der Waals surface area contributed by atoms with Crippen molar-refractivity contribution in [1.82, 2.24) is 5.32 Å². The third-order valence-corrected chi connectivity index (χ3v) is 3.28. The summed E-state index contributed by atoms with van der Waals surface area (Å²) in [4.78, 5) is 14.2. The van der Waals surface area contributed by atoms with Crippen LogP contribution in [0, 0.1) is 0 Å². The van der Waals surface area contributed by atoms with E-state index in [2.05, 4.69) is 5.32 Å². The van der Waals surface area contributed by atoms with Gasteiger partial charge in [-0.05, 0) is 25.5 Å². The molecule has 1 rings (SSSR count). The highest BCUT2D eigenvalue weighted by Gasteiger charge is 2.20. The van der Waals surface area contributed by atoms with Gasteiger partial charge in [0, 0.05) is 24.8 Å². The number of nitrogens with two attached hydrogens (primary N) is 1. The van der Waals surface area contributed by atoms with E-state index in [-0.39, 0.29) is 11.9 Å². The van der Waals surface area contributed by atoms with Crippen molar-refractivity contribution in [2.24, 2.45) is 5.73 Å². The largest absolute Gasteiger partial charge is 0.389 e. The number of hydrogen-bond acceptors (Lipinski definition) is 3. The molecule has 1 atom stereocenters. The molecule has 0 saturated carbocycles. The molecule has 0 aliphatic heterocycles. The summed E-state index contributed by atoms with van der Waals surface area (Å²) in [6.07, 6.45) is 0.922. The fraction of sp³-hybridized carbons (Fsp3) is 0.429. The molecule has 0 spiro atoms. The molecule has 1 unspecified atom stereocenters. The second-order valence-corrected chi connectivity index (χ2v) is 4.90. The van der Waals surface area contributed by atoms with Crippen LogP contribution < -0.4 is 16.0 Å². The molecule has 19 heavy (non-hydrogen) atoms. The molecular formula is C14H21N3OS. The van der Waals surface area contributed by atoms with Crippen molar-refractivity contribution >= 4 is 28.8 Å². The number of thiocarbonyl (C=S) groups is 1. The maximum Gasteiger partial charge on any atom is 0.242 e. The van der Waals surface area contributed by atoms with Gasteiger partial charge in [0.1, 0.15) is 11.0 Å². The van der Waals surface area contributed by atoms with E-state index in [4.69, 9.17) is 18.0 Å². The number of hydrogen-bond donors (Lipinski definition) is 2. The predicted octanol–water partition coefficient (Wildman–Crippen LogP) is 1.67. The number of amides is 1. The zero-order valence-electron chi connectivity index (χ0n) is 11.6. The molecule has 1 amide bonds. The van der Waals surface area contributed by atoms with Gasteiger partial charge < -0.3 is 16.0 Å². The Kier molecular flexibility index (Phi) is 5.76. The van der Waals surface area contributed by atoms with Crippen LogP contribution in [0.2, 0.25) is 0 Å². The molecule has 5 heteroatoms. The summed E-state index contributed by atoms with van der Waals surface area (Å²) < 4.78 is 0. The SMILES string of the molecule is CCCNC(=O)C(C)N(C)c1ccccc1C(N)=S. The summed E-state index contributed by atoms with van der Waals surface area (Å²) in [7, 11) is 1.87. The first-order valence-electron chi connectivity index (χ1n) is 6.38. The number of nitrogens with one attached hydrogen (secondary N) is 1. The molecule has 0 aliphatic carbocycles. The summed E-state index contributed by atoms with van der Waals surface area (Å²) in [5.41, 5.74) is 7.37. The molecular weight excluding hydrogens is 258 g/mol. The van der Waals surface area contributed by atoms with Crippen molar-refractivity contribution in [3.63, 3.8) is 0 Å². The highest BCUT2D eigenvalue weighted by molar-refractivity contribution is 7.80. The lowest BCUT2D eigenvalue weighted by Gasteiger charge is -2.27. The van der Waals surface area contributed by atoms with E-state index >= 15 is 0 Å². The normalized spacial score (nSPS) is 11.7. The maximum atomic E-state index is 12.0. The third kappa shape index (κ3) is 3.92. The van der Waals surface area contributed by atoms with E-state index in [1.165, 1.54) is 0 Å². The number of nitrogens with zero attached hydrogens (tertiary/aromatic N) is 1. The molecule has 0 bridgehead atoms. The minimum atomic E-state index is -0.276. The lowest BCUT2D eigenvalue weighted by Crippen LogP contribution is -2.44. The Hall–Kier alpha value is -1.62. The average Bonchev–Trinajstić information content (AvgIpc) is 2.42. The minimum absolute atomic E-state index is 0.00194. The van der Waals surface area contributed by atoms with Crippen molar-refractivity contribution in [3.05, 3.63) is 29.8 Å². The minimum Gasteiger partial charge on any atom is -0.389 e. The molecule has 0 radical (unpaired) electrons. The van der Waals surface area contributed by atoms with Crippen molar-refractivity contribution < 1.29 is 4.79 Å². The molecule has 0 aromatic heterocycles. The lowest BCUT2D eigenvalue weighted by atomic mass is 10.1. The Morgan fingerprint density at radius 2 is 2.11 bits per heavy atom. The molecule has 1 aromatic carbocycles. The van der Waals surface area contributed by atoms with E-state index in [0.29, 0.717) is 11.5 Å². The quantitative estimate of drug-likeness (QED) is 0.778. The summed E-state index contributed by atoms with van der Waals surface area (Å²) in [5.74, 6) is 0.00194. The molecule has 4 nitrogen and oxygen atoms in total. The van der Waals surface area contributed by atoms with Gasteiger partial charge in [0.05, 0.1) is 0 Å². The molecule has 3 N–H and O–H groups in total. The maximum absolute atomic E-state index is 12.0. The van der Waals surface area contributed by atoms with Crippen LogP contribution in [0.25, 0.3) is 0 Å². The van der Waals surface area contributed by atoms with E-state index in [1.807, 2.05) is 50.1 Å². The second kappa shape index (κ2) is 7.09. The molecule has 104 valence electrons. The fourth-order valence-corrected chi connectivity index (χ4v) is 1.94. The monoisotopic (exact) mass is 279 g/mol. The van der Waals surface area contributed by atoms with Gasteiger partial charge in [-0.3, -0.25) is 4.79 Å². The first-order chi connectivity index (χ1) is 8.99. The van der Waals surface area contributed by atoms with Gasteiger partial charge in [0.25, 0.3) is 0 Å². The number of rotatable bonds is 6.